The first-order chi connectivity index (χ1) is 15.9. The lowest BCUT2D eigenvalue weighted by Crippen LogP contribution is -2.27. The molecule has 0 spiro atoms. The van der Waals surface area contributed by atoms with Crippen LogP contribution in [0.2, 0.25) is 0 Å². The number of nitrogens with one attached hydrogen (secondary N) is 1. The minimum absolute atomic E-state index is 0.259. The Kier molecular flexibility index (Phi) is 8.90. The molecule has 0 aliphatic heterocycles. The molecule has 0 saturated carbocycles. The van der Waals surface area contributed by atoms with Gasteiger partial charge in [-0.05, 0) is 99.0 Å². The van der Waals surface area contributed by atoms with Crippen molar-refractivity contribution < 1.29 is 24.2 Å². The van der Waals surface area contributed by atoms with Crippen LogP contribution in [0.3, 0.4) is 0 Å². The van der Waals surface area contributed by atoms with Gasteiger partial charge in [0.05, 0.1) is 11.1 Å². The van der Waals surface area contributed by atoms with E-state index in [9.17, 15) is 14.7 Å². The van der Waals surface area contributed by atoms with Crippen molar-refractivity contribution in [3.63, 3.8) is 0 Å². The zero-order chi connectivity index (χ0) is 23.8. The second kappa shape index (κ2) is 11.9. The Labute approximate surface area is 213 Å². The number of ether oxygens (including phenoxy) is 2. The first-order valence-electron chi connectivity index (χ1n) is 10.0. The second-order valence-electron chi connectivity index (χ2n) is 6.86. The van der Waals surface area contributed by atoms with Crippen molar-refractivity contribution in [2.24, 2.45) is 0 Å². The molecule has 0 aromatic heterocycles. The van der Waals surface area contributed by atoms with Crippen LogP contribution in [0.15, 0.2) is 76.9 Å². The Morgan fingerprint density at radius 1 is 1.06 bits per heavy atom. The van der Waals surface area contributed by atoms with E-state index in [1.54, 1.807) is 42.5 Å². The number of carboxylic acids is 1. The highest BCUT2D eigenvalue weighted by atomic mass is 127. The highest BCUT2D eigenvalue weighted by molar-refractivity contribution is 14.1. The number of carbonyl (C=O) groups is 2. The van der Waals surface area contributed by atoms with Crippen LogP contribution in [0.4, 0.5) is 0 Å². The molecule has 0 atom stereocenters. The van der Waals surface area contributed by atoms with E-state index in [-0.39, 0.29) is 5.70 Å². The summed E-state index contributed by atoms with van der Waals surface area (Å²) >= 11 is 5.74. The Morgan fingerprint density at radius 3 is 2.39 bits per heavy atom. The minimum Gasteiger partial charge on any atom is -0.490 e. The van der Waals surface area contributed by atoms with Crippen LogP contribution in [0.1, 0.15) is 28.4 Å². The molecule has 2 N–H and O–H groups in total. The Hall–Kier alpha value is -2.85. The smallest absolute Gasteiger partial charge is 0.352 e. The minimum atomic E-state index is -1.26. The molecular formula is C25H21BrINO5. The molecule has 0 bridgehead atoms. The largest absolute Gasteiger partial charge is 0.490 e. The molecule has 0 saturated heterocycles. The average Bonchev–Trinajstić information content (AvgIpc) is 2.80. The van der Waals surface area contributed by atoms with Gasteiger partial charge in [0.1, 0.15) is 12.3 Å². The fourth-order valence-corrected chi connectivity index (χ4v) is 3.85. The van der Waals surface area contributed by atoms with E-state index in [0.717, 1.165) is 9.13 Å². The lowest BCUT2D eigenvalue weighted by atomic mass is 10.1. The summed E-state index contributed by atoms with van der Waals surface area (Å²) in [6.45, 7) is 2.59. The third-order valence-electron chi connectivity index (χ3n) is 4.45. The molecule has 3 rings (SSSR count). The Balaban J connectivity index is 1.86. The lowest BCUT2D eigenvalue weighted by Gasteiger charge is -2.15. The van der Waals surface area contributed by atoms with Crippen molar-refractivity contribution in [3.05, 3.63) is 97.2 Å². The van der Waals surface area contributed by atoms with Gasteiger partial charge in [0.2, 0.25) is 0 Å². The standard InChI is InChI=1S/C25H21BrINO5/c1-2-32-22-14-17(12-20(26)23(22)33-15-16-8-10-19(27)11-9-16)13-21(25(30)31)28-24(29)18-6-4-3-5-7-18/h3-14H,2,15H2,1H3,(H,28,29)(H,30,31)/b21-13+. The number of carbonyl (C=O) groups excluding carboxylic acids is 1. The predicted octanol–water partition coefficient (Wildman–Crippen LogP) is 5.89. The van der Waals surface area contributed by atoms with Crippen LogP contribution in [0.5, 0.6) is 11.5 Å². The first kappa shape index (κ1) is 24.8. The SMILES string of the molecule is CCOc1cc(/C=C(/NC(=O)c2ccccc2)C(=O)O)cc(Br)c1OCc1ccc(I)cc1. The Bertz CT molecular complexity index is 1160. The number of benzene rings is 3. The van der Waals surface area contributed by atoms with Gasteiger partial charge in [-0.3, -0.25) is 4.79 Å². The molecule has 0 fully saturated rings. The summed E-state index contributed by atoms with van der Waals surface area (Å²) in [5.41, 5.74) is 1.63. The Morgan fingerprint density at radius 2 is 1.76 bits per heavy atom. The van der Waals surface area contributed by atoms with Gasteiger partial charge in [-0.1, -0.05) is 30.3 Å². The van der Waals surface area contributed by atoms with E-state index in [1.807, 2.05) is 31.2 Å². The molecule has 3 aromatic rings. The van der Waals surface area contributed by atoms with Crippen molar-refractivity contribution >= 4 is 56.5 Å². The quantitative estimate of drug-likeness (QED) is 0.230. The van der Waals surface area contributed by atoms with Crippen LogP contribution in [0, 0.1) is 3.57 Å². The number of halogens is 2. The molecule has 6 nitrogen and oxygen atoms in total. The molecule has 1 amide bonds. The maximum atomic E-state index is 12.4. The second-order valence-corrected chi connectivity index (χ2v) is 8.96. The van der Waals surface area contributed by atoms with Gasteiger partial charge in [0, 0.05) is 9.13 Å². The van der Waals surface area contributed by atoms with Crippen LogP contribution in [-0.4, -0.2) is 23.6 Å². The van der Waals surface area contributed by atoms with E-state index in [2.05, 4.69) is 43.8 Å². The molecule has 0 radical (unpaired) electrons. The average molecular weight is 622 g/mol. The molecule has 0 aliphatic carbocycles. The third kappa shape index (κ3) is 7.06. The number of carboxylic acid groups (broad SMARTS) is 1. The fourth-order valence-electron chi connectivity index (χ4n) is 2.91. The van der Waals surface area contributed by atoms with Gasteiger partial charge in [-0.15, -0.1) is 0 Å². The maximum absolute atomic E-state index is 12.4. The topological polar surface area (TPSA) is 84.9 Å². The van der Waals surface area contributed by atoms with Crippen LogP contribution in [-0.2, 0) is 11.4 Å². The van der Waals surface area contributed by atoms with Crippen molar-refractivity contribution in [1.29, 1.82) is 0 Å². The molecule has 0 heterocycles. The van der Waals surface area contributed by atoms with E-state index >= 15 is 0 Å². The van der Waals surface area contributed by atoms with E-state index < -0.39 is 11.9 Å². The van der Waals surface area contributed by atoms with E-state index in [0.29, 0.717) is 40.3 Å². The van der Waals surface area contributed by atoms with Gasteiger partial charge >= 0.3 is 5.97 Å². The van der Waals surface area contributed by atoms with Crippen LogP contribution in [0.25, 0.3) is 6.08 Å². The van der Waals surface area contributed by atoms with Crippen molar-refractivity contribution in [1.82, 2.24) is 5.32 Å². The summed E-state index contributed by atoms with van der Waals surface area (Å²) in [5, 5.41) is 12.1. The van der Waals surface area contributed by atoms with Gasteiger partial charge in [0.15, 0.2) is 11.5 Å². The highest BCUT2D eigenvalue weighted by Gasteiger charge is 2.16. The van der Waals surface area contributed by atoms with Crippen molar-refractivity contribution in [2.45, 2.75) is 13.5 Å². The third-order valence-corrected chi connectivity index (χ3v) is 5.76. The maximum Gasteiger partial charge on any atom is 0.352 e. The number of aliphatic carboxylic acids is 1. The van der Waals surface area contributed by atoms with Crippen LogP contribution >= 0.6 is 38.5 Å². The molecule has 170 valence electrons. The monoisotopic (exact) mass is 621 g/mol. The fraction of sp³-hybridized carbons (Fsp3) is 0.120. The van der Waals surface area contributed by atoms with E-state index in [1.165, 1.54) is 6.08 Å². The van der Waals surface area contributed by atoms with Gasteiger partial charge in [-0.2, -0.15) is 0 Å². The van der Waals surface area contributed by atoms with Crippen molar-refractivity contribution in [2.75, 3.05) is 6.61 Å². The summed E-state index contributed by atoms with van der Waals surface area (Å²) in [7, 11) is 0. The summed E-state index contributed by atoms with van der Waals surface area (Å²) in [6.07, 6.45) is 1.37. The zero-order valence-electron chi connectivity index (χ0n) is 17.7. The van der Waals surface area contributed by atoms with E-state index in [4.69, 9.17) is 9.47 Å². The number of rotatable bonds is 9. The number of amides is 1. The lowest BCUT2D eigenvalue weighted by molar-refractivity contribution is -0.132. The summed E-state index contributed by atoms with van der Waals surface area (Å²) < 4.78 is 13.5. The molecule has 3 aromatic carbocycles. The zero-order valence-corrected chi connectivity index (χ0v) is 21.4. The highest BCUT2D eigenvalue weighted by Crippen LogP contribution is 2.38. The summed E-state index contributed by atoms with van der Waals surface area (Å²) in [6, 6.07) is 19.8. The summed E-state index contributed by atoms with van der Waals surface area (Å²) in [4.78, 5) is 24.2. The van der Waals surface area contributed by atoms with Gasteiger partial charge in [0.25, 0.3) is 5.91 Å². The molecular weight excluding hydrogens is 601 g/mol. The molecule has 33 heavy (non-hydrogen) atoms. The van der Waals surface area contributed by atoms with Gasteiger partial charge in [-0.25, -0.2) is 4.79 Å². The number of hydrogen-bond donors (Lipinski definition) is 2. The first-order valence-corrected chi connectivity index (χ1v) is 11.9. The van der Waals surface area contributed by atoms with Crippen LogP contribution < -0.4 is 14.8 Å². The molecule has 8 heteroatoms. The predicted molar refractivity (Wildman–Crippen MR) is 138 cm³/mol. The molecule has 0 unspecified atom stereocenters. The normalized spacial score (nSPS) is 11.1. The summed E-state index contributed by atoms with van der Waals surface area (Å²) in [5.74, 6) is -0.793. The number of hydrogen-bond acceptors (Lipinski definition) is 4. The van der Waals surface area contributed by atoms with Gasteiger partial charge < -0.3 is 19.9 Å². The molecule has 0 aliphatic rings. The van der Waals surface area contributed by atoms with Crippen molar-refractivity contribution in [3.8, 4) is 11.5 Å².